The minimum absolute atomic E-state index is 0.0144. The number of anilines is 1. The van der Waals surface area contributed by atoms with Crippen LogP contribution in [0.5, 0.6) is 0 Å². The zero-order valence-electron chi connectivity index (χ0n) is 7.38. The van der Waals surface area contributed by atoms with Gasteiger partial charge in [-0.1, -0.05) is 6.07 Å². The monoisotopic (exact) mass is 207 g/mol. The molecule has 2 rings (SSSR count). The summed E-state index contributed by atoms with van der Waals surface area (Å²) in [6.07, 6.45) is 3.44. The number of nitrogen functional groups attached to an aromatic ring is 1. The zero-order valence-corrected chi connectivity index (χ0v) is 8.20. The molecule has 0 spiro atoms. The van der Waals surface area contributed by atoms with Crippen LogP contribution in [0.3, 0.4) is 0 Å². The Balaban J connectivity index is 2.27. The van der Waals surface area contributed by atoms with E-state index in [0.29, 0.717) is 11.7 Å². The maximum atomic E-state index is 11.3. The highest BCUT2D eigenvalue weighted by Crippen LogP contribution is 2.14. The second-order valence-corrected chi connectivity index (χ2v) is 3.98. The smallest absolute Gasteiger partial charge is 0.250 e. The van der Waals surface area contributed by atoms with Crippen molar-refractivity contribution in [3.8, 4) is 0 Å². The third-order valence-electron chi connectivity index (χ3n) is 1.80. The van der Waals surface area contributed by atoms with Crippen molar-refractivity contribution in [3.63, 3.8) is 0 Å². The van der Waals surface area contributed by atoms with E-state index in [1.807, 2.05) is 6.07 Å². The number of aromatic nitrogens is 2. The van der Waals surface area contributed by atoms with Gasteiger partial charge in [0.05, 0.1) is 6.54 Å². The lowest BCUT2D eigenvalue weighted by atomic mass is 10.4. The van der Waals surface area contributed by atoms with Crippen LogP contribution in [0.2, 0.25) is 0 Å². The minimum atomic E-state index is -0.0144. The molecule has 0 fully saturated rings. The summed E-state index contributed by atoms with van der Waals surface area (Å²) in [6, 6.07) is 5.08. The van der Waals surface area contributed by atoms with Crippen molar-refractivity contribution in [3.05, 3.63) is 45.8 Å². The summed E-state index contributed by atoms with van der Waals surface area (Å²) in [4.78, 5) is 16.3. The maximum absolute atomic E-state index is 11.3. The molecule has 2 N–H and O–H groups in total. The molecule has 2 aromatic rings. The molecular formula is C9H9N3OS. The van der Waals surface area contributed by atoms with Gasteiger partial charge in [-0.25, -0.2) is 4.98 Å². The van der Waals surface area contributed by atoms with E-state index in [9.17, 15) is 4.79 Å². The van der Waals surface area contributed by atoms with E-state index in [0.717, 1.165) is 4.88 Å². The topological polar surface area (TPSA) is 60.9 Å². The number of hydrogen-bond donors (Lipinski definition) is 1. The number of nitrogens with zero attached hydrogens (tertiary/aromatic N) is 2. The Labute approximate surface area is 84.6 Å². The van der Waals surface area contributed by atoms with Gasteiger partial charge in [-0.15, -0.1) is 11.3 Å². The Morgan fingerprint density at radius 1 is 1.50 bits per heavy atom. The summed E-state index contributed by atoms with van der Waals surface area (Å²) in [5.74, 6) is 0. The summed E-state index contributed by atoms with van der Waals surface area (Å²) in [5.41, 5.74) is 5.48. The summed E-state index contributed by atoms with van der Waals surface area (Å²) < 4.78 is 1.62. The molecule has 14 heavy (non-hydrogen) atoms. The molecule has 4 nitrogen and oxygen atoms in total. The zero-order chi connectivity index (χ0) is 9.97. The van der Waals surface area contributed by atoms with Gasteiger partial charge in [0.2, 0.25) is 0 Å². The molecule has 0 radical (unpaired) electrons. The van der Waals surface area contributed by atoms with Gasteiger partial charge in [-0.2, -0.15) is 0 Å². The molecule has 0 amide bonds. The Kier molecular flexibility index (Phi) is 2.32. The van der Waals surface area contributed by atoms with Gasteiger partial charge in [-0.3, -0.25) is 4.79 Å². The summed E-state index contributed by atoms with van der Waals surface area (Å²) in [7, 11) is 0. The van der Waals surface area contributed by atoms with Crippen LogP contribution in [0.15, 0.2) is 35.4 Å². The number of hydrogen-bond acceptors (Lipinski definition) is 4. The molecule has 0 aromatic carbocycles. The van der Waals surface area contributed by atoms with Crippen LogP contribution in [0, 0.1) is 0 Å². The fraction of sp³-hybridized carbons (Fsp3) is 0.111. The third kappa shape index (κ3) is 1.82. The first-order valence-electron chi connectivity index (χ1n) is 4.11. The van der Waals surface area contributed by atoms with E-state index >= 15 is 0 Å². The quantitative estimate of drug-likeness (QED) is 0.797. The molecule has 2 aromatic heterocycles. The summed E-state index contributed by atoms with van der Waals surface area (Å²) in [5, 5.41) is 0.531. The lowest BCUT2D eigenvalue weighted by Crippen LogP contribution is -2.17. The van der Waals surface area contributed by atoms with Gasteiger partial charge in [-0.05, 0) is 6.07 Å². The predicted octanol–water partition coefficient (Wildman–Crippen LogP) is 0.935. The summed E-state index contributed by atoms with van der Waals surface area (Å²) in [6.45, 7) is 0.536. The molecule has 5 heteroatoms. The van der Waals surface area contributed by atoms with Gasteiger partial charge in [0.25, 0.3) is 5.56 Å². The van der Waals surface area contributed by atoms with Crippen LogP contribution < -0.4 is 11.3 Å². The number of nitrogens with two attached hydrogens (primary N) is 1. The van der Waals surface area contributed by atoms with Crippen LogP contribution >= 0.6 is 11.3 Å². The molecule has 72 valence electrons. The molecule has 0 unspecified atom stereocenters. The number of thiazole rings is 1. The van der Waals surface area contributed by atoms with Crippen molar-refractivity contribution in [2.75, 3.05) is 5.73 Å². The molecule has 0 saturated carbocycles. The third-order valence-corrected chi connectivity index (χ3v) is 2.61. The standard InChI is InChI=1S/C9H9N3OS/c10-9-11-5-7(14-9)6-12-4-2-1-3-8(12)13/h1-5H,6H2,(H2,10,11). The maximum Gasteiger partial charge on any atom is 0.250 e. The average Bonchev–Trinajstić information content (AvgIpc) is 2.56. The van der Waals surface area contributed by atoms with Crippen LogP contribution in [0.25, 0.3) is 0 Å². The highest BCUT2D eigenvalue weighted by Gasteiger charge is 2.00. The number of rotatable bonds is 2. The molecule has 0 atom stereocenters. The Morgan fingerprint density at radius 2 is 2.36 bits per heavy atom. The second kappa shape index (κ2) is 3.63. The van der Waals surface area contributed by atoms with Crippen LogP contribution in [-0.2, 0) is 6.54 Å². The SMILES string of the molecule is Nc1ncc(Cn2ccccc2=O)s1. The fourth-order valence-electron chi connectivity index (χ4n) is 1.15. The van der Waals surface area contributed by atoms with Crippen LogP contribution in [0.4, 0.5) is 5.13 Å². The Bertz CT molecular complexity index is 489. The van der Waals surface area contributed by atoms with E-state index in [1.54, 1.807) is 23.0 Å². The van der Waals surface area contributed by atoms with Crippen molar-refractivity contribution in [1.82, 2.24) is 9.55 Å². The molecule has 0 aliphatic rings. The van der Waals surface area contributed by atoms with E-state index < -0.39 is 0 Å². The Morgan fingerprint density at radius 3 is 3.00 bits per heavy atom. The van der Waals surface area contributed by atoms with Crippen LogP contribution in [0.1, 0.15) is 4.88 Å². The Hall–Kier alpha value is -1.62. The highest BCUT2D eigenvalue weighted by atomic mass is 32.1. The second-order valence-electron chi connectivity index (χ2n) is 2.83. The first-order valence-corrected chi connectivity index (χ1v) is 4.93. The van der Waals surface area contributed by atoms with Crippen LogP contribution in [-0.4, -0.2) is 9.55 Å². The van der Waals surface area contributed by atoms with Gasteiger partial charge >= 0.3 is 0 Å². The molecular weight excluding hydrogens is 198 g/mol. The van der Waals surface area contributed by atoms with E-state index in [1.165, 1.54) is 17.4 Å². The van der Waals surface area contributed by atoms with Gasteiger partial charge in [0.1, 0.15) is 0 Å². The van der Waals surface area contributed by atoms with Gasteiger partial charge in [0, 0.05) is 23.3 Å². The molecule has 0 bridgehead atoms. The largest absolute Gasteiger partial charge is 0.375 e. The fourth-order valence-corrected chi connectivity index (χ4v) is 1.84. The van der Waals surface area contributed by atoms with Crippen molar-refractivity contribution in [2.24, 2.45) is 0 Å². The first kappa shape index (κ1) is 8.96. The molecule has 0 aliphatic heterocycles. The van der Waals surface area contributed by atoms with Crippen molar-refractivity contribution in [2.45, 2.75) is 6.54 Å². The van der Waals surface area contributed by atoms with Crippen molar-refractivity contribution < 1.29 is 0 Å². The first-order chi connectivity index (χ1) is 6.75. The molecule has 0 saturated heterocycles. The molecule has 0 aliphatic carbocycles. The normalized spacial score (nSPS) is 10.3. The number of pyridine rings is 1. The van der Waals surface area contributed by atoms with Crippen molar-refractivity contribution in [1.29, 1.82) is 0 Å². The average molecular weight is 207 g/mol. The molecule has 2 heterocycles. The lowest BCUT2D eigenvalue weighted by Gasteiger charge is -2.00. The highest BCUT2D eigenvalue weighted by molar-refractivity contribution is 7.15. The van der Waals surface area contributed by atoms with Gasteiger partial charge in [0.15, 0.2) is 5.13 Å². The van der Waals surface area contributed by atoms with E-state index in [4.69, 9.17) is 5.73 Å². The minimum Gasteiger partial charge on any atom is -0.375 e. The van der Waals surface area contributed by atoms with E-state index in [-0.39, 0.29) is 5.56 Å². The summed E-state index contributed by atoms with van der Waals surface area (Å²) >= 11 is 1.40. The van der Waals surface area contributed by atoms with E-state index in [2.05, 4.69) is 4.98 Å². The predicted molar refractivity (Wildman–Crippen MR) is 56.3 cm³/mol. The van der Waals surface area contributed by atoms with Gasteiger partial charge < -0.3 is 10.3 Å². The lowest BCUT2D eigenvalue weighted by molar-refractivity contribution is 0.768. The van der Waals surface area contributed by atoms with Crippen molar-refractivity contribution >= 4 is 16.5 Å².